The Morgan fingerprint density at radius 2 is 2.29 bits per heavy atom. The molecule has 1 fully saturated rings. The van der Waals surface area contributed by atoms with Crippen molar-refractivity contribution in [2.75, 3.05) is 19.7 Å². The Labute approximate surface area is 106 Å². The van der Waals surface area contributed by atoms with Gasteiger partial charge in [-0.3, -0.25) is 0 Å². The highest BCUT2D eigenvalue weighted by Crippen LogP contribution is 2.35. The van der Waals surface area contributed by atoms with Gasteiger partial charge in [0, 0.05) is 18.6 Å². The Hall–Kier alpha value is -0.640. The number of hydrogen-bond donors (Lipinski definition) is 2. The molecule has 1 atom stereocenters. The molecule has 1 saturated heterocycles. The SMILES string of the molecule is OCCC1(c2ccc(Cl)c(F)c2)CCCNC1. The summed E-state index contributed by atoms with van der Waals surface area (Å²) >= 11 is 5.70. The number of hydrogen-bond acceptors (Lipinski definition) is 2. The molecule has 94 valence electrons. The lowest BCUT2D eigenvalue weighted by atomic mass is 9.72. The fourth-order valence-corrected chi connectivity index (χ4v) is 2.73. The monoisotopic (exact) mass is 257 g/mol. The number of benzene rings is 1. The lowest BCUT2D eigenvalue weighted by Crippen LogP contribution is -2.44. The lowest BCUT2D eigenvalue weighted by Gasteiger charge is -2.38. The van der Waals surface area contributed by atoms with E-state index >= 15 is 0 Å². The first kappa shape index (κ1) is 12.8. The summed E-state index contributed by atoms with van der Waals surface area (Å²) in [6.07, 6.45) is 2.67. The van der Waals surface area contributed by atoms with Crippen molar-refractivity contribution >= 4 is 11.6 Å². The second kappa shape index (κ2) is 5.34. The van der Waals surface area contributed by atoms with Crippen LogP contribution in [0.15, 0.2) is 18.2 Å². The average Bonchev–Trinajstić information content (AvgIpc) is 2.34. The predicted octanol–water partition coefficient (Wildman–Crippen LogP) is 2.48. The molecule has 1 aliphatic heterocycles. The van der Waals surface area contributed by atoms with Crippen LogP contribution in [-0.2, 0) is 5.41 Å². The van der Waals surface area contributed by atoms with Crippen LogP contribution in [0.5, 0.6) is 0 Å². The molecule has 1 aromatic carbocycles. The Morgan fingerprint density at radius 3 is 2.88 bits per heavy atom. The molecule has 0 bridgehead atoms. The summed E-state index contributed by atoms with van der Waals surface area (Å²) in [5.74, 6) is -0.382. The number of aliphatic hydroxyl groups is 1. The molecule has 1 aromatic rings. The first-order valence-electron chi connectivity index (χ1n) is 5.95. The standard InChI is InChI=1S/C13H17ClFNO/c14-11-3-2-10(8-12(11)15)13(5-7-17)4-1-6-16-9-13/h2-3,8,16-17H,1,4-7,9H2. The summed E-state index contributed by atoms with van der Waals surface area (Å²) in [5.41, 5.74) is 0.777. The van der Waals surface area contributed by atoms with Gasteiger partial charge in [-0.25, -0.2) is 4.39 Å². The zero-order chi connectivity index (χ0) is 12.3. The van der Waals surface area contributed by atoms with Crippen molar-refractivity contribution < 1.29 is 9.50 Å². The molecular formula is C13H17ClFNO. The third-order valence-electron chi connectivity index (χ3n) is 3.59. The van der Waals surface area contributed by atoms with Crippen LogP contribution in [0, 0.1) is 5.82 Å². The van der Waals surface area contributed by atoms with Crippen LogP contribution in [0.4, 0.5) is 4.39 Å². The van der Waals surface area contributed by atoms with Crippen molar-refractivity contribution in [1.29, 1.82) is 0 Å². The molecule has 0 aromatic heterocycles. The zero-order valence-electron chi connectivity index (χ0n) is 9.68. The number of rotatable bonds is 3. The molecule has 2 rings (SSSR count). The van der Waals surface area contributed by atoms with E-state index in [0.29, 0.717) is 6.42 Å². The van der Waals surface area contributed by atoms with Gasteiger partial charge in [0.2, 0.25) is 0 Å². The van der Waals surface area contributed by atoms with Crippen molar-refractivity contribution in [2.45, 2.75) is 24.7 Å². The van der Waals surface area contributed by atoms with Crippen molar-refractivity contribution in [2.24, 2.45) is 0 Å². The van der Waals surface area contributed by atoms with E-state index in [1.807, 2.05) is 6.07 Å². The van der Waals surface area contributed by atoms with Gasteiger partial charge in [0.1, 0.15) is 5.82 Å². The maximum Gasteiger partial charge on any atom is 0.142 e. The molecule has 0 spiro atoms. The molecule has 4 heteroatoms. The molecule has 1 heterocycles. The summed E-state index contributed by atoms with van der Waals surface area (Å²) in [7, 11) is 0. The van der Waals surface area contributed by atoms with Gasteiger partial charge in [0.05, 0.1) is 5.02 Å². The average molecular weight is 258 g/mol. The van der Waals surface area contributed by atoms with Crippen LogP contribution in [0.3, 0.4) is 0 Å². The van der Waals surface area contributed by atoms with Gasteiger partial charge in [-0.15, -0.1) is 0 Å². The van der Waals surface area contributed by atoms with Crippen LogP contribution in [0.25, 0.3) is 0 Å². The van der Waals surface area contributed by atoms with Gasteiger partial charge in [0.15, 0.2) is 0 Å². The van der Waals surface area contributed by atoms with Gasteiger partial charge in [-0.2, -0.15) is 0 Å². The number of aliphatic hydroxyl groups excluding tert-OH is 1. The van der Waals surface area contributed by atoms with Crippen molar-refractivity contribution in [3.05, 3.63) is 34.6 Å². The fourth-order valence-electron chi connectivity index (χ4n) is 2.61. The minimum Gasteiger partial charge on any atom is -0.396 e. The smallest absolute Gasteiger partial charge is 0.142 e. The molecule has 1 aliphatic rings. The van der Waals surface area contributed by atoms with Gasteiger partial charge in [-0.1, -0.05) is 17.7 Å². The highest BCUT2D eigenvalue weighted by atomic mass is 35.5. The molecule has 0 aliphatic carbocycles. The quantitative estimate of drug-likeness (QED) is 0.872. The van der Waals surface area contributed by atoms with Crippen molar-refractivity contribution in [3.8, 4) is 0 Å². The van der Waals surface area contributed by atoms with E-state index in [1.165, 1.54) is 6.07 Å². The minimum absolute atomic E-state index is 0.117. The third kappa shape index (κ3) is 2.62. The van der Waals surface area contributed by atoms with Crippen LogP contribution in [-0.4, -0.2) is 24.8 Å². The van der Waals surface area contributed by atoms with E-state index in [1.54, 1.807) is 6.07 Å². The summed E-state index contributed by atoms with van der Waals surface area (Å²) in [6, 6.07) is 4.97. The third-order valence-corrected chi connectivity index (χ3v) is 3.90. The summed E-state index contributed by atoms with van der Waals surface area (Å²) < 4.78 is 13.5. The summed E-state index contributed by atoms with van der Waals surface area (Å²) in [6.45, 7) is 1.89. The van der Waals surface area contributed by atoms with Gasteiger partial charge in [-0.05, 0) is 43.5 Å². The van der Waals surface area contributed by atoms with Crippen LogP contribution >= 0.6 is 11.6 Å². The summed E-state index contributed by atoms with van der Waals surface area (Å²) in [4.78, 5) is 0. The molecule has 2 N–H and O–H groups in total. The van der Waals surface area contributed by atoms with E-state index < -0.39 is 0 Å². The molecule has 0 radical (unpaired) electrons. The van der Waals surface area contributed by atoms with Crippen LogP contribution in [0.1, 0.15) is 24.8 Å². The van der Waals surface area contributed by atoms with E-state index in [-0.39, 0.29) is 22.9 Å². The highest BCUT2D eigenvalue weighted by Gasteiger charge is 2.33. The molecule has 0 saturated carbocycles. The highest BCUT2D eigenvalue weighted by molar-refractivity contribution is 6.30. The second-order valence-electron chi connectivity index (χ2n) is 4.66. The number of halogens is 2. The van der Waals surface area contributed by atoms with E-state index in [2.05, 4.69) is 5.32 Å². The molecular weight excluding hydrogens is 241 g/mol. The lowest BCUT2D eigenvalue weighted by molar-refractivity contribution is 0.207. The van der Waals surface area contributed by atoms with Crippen LogP contribution in [0.2, 0.25) is 5.02 Å². The number of piperidine rings is 1. The minimum atomic E-state index is -0.382. The topological polar surface area (TPSA) is 32.3 Å². The Bertz CT molecular complexity index is 385. The Balaban J connectivity index is 2.34. The van der Waals surface area contributed by atoms with E-state index in [9.17, 15) is 9.50 Å². The van der Waals surface area contributed by atoms with Crippen molar-refractivity contribution in [3.63, 3.8) is 0 Å². The van der Waals surface area contributed by atoms with E-state index in [0.717, 1.165) is 31.5 Å². The Morgan fingerprint density at radius 1 is 1.47 bits per heavy atom. The number of nitrogens with one attached hydrogen (secondary N) is 1. The van der Waals surface area contributed by atoms with E-state index in [4.69, 9.17) is 11.6 Å². The first-order valence-corrected chi connectivity index (χ1v) is 6.33. The van der Waals surface area contributed by atoms with Crippen LogP contribution < -0.4 is 5.32 Å². The normalized spacial score (nSPS) is 24.9. The maximum atomic E-state index is 13.5. The maximum absolute atomic E-state index is 13.5. The Kier molecular flexibility index (Phi) is 4.02. The molecule has 1 unspecified atom stereocenters. The van der Waals surface area contributed by atoms with Gasteiger partial charge >= 0.3 is 0 Å². The molecule has 2 nitrogen and oxygen atoms in total. The fraction of sp³-hybridized carbons (Fsp3) is 0.538. The van der Waals surface area contributed by atoms with Crippen molar-refractivity contribution in [1.82, 2.24) is 5.32 Å². The zero-order valence-corrected chi connectivity index (χ0v) is 10.4. The molecule has 0 amide bonds. The predicted molar refractivity (Wildman–Crippen MR) is 66.9 cm³/mol. The van der Waals surface area contributed by atoms with Gasteiger partial charge < -0.3 is 10.4 Å². The largest absolute Gasteiger partial charge is 0.396 e. The van der Waals surface area contributed by atoms with Gasteiger partial charge in [0.25, 0.3) is 0 Å². The first-order chi connectivity index (χ1) is 8.18. The molecule has 17 heavy (non-hydrogen) atoms. The second-order valence-corrected chi connectivity index (χ2v) is 5.07. The summed E-state index contributed by atoms with van der Waals surface area (Å²) in [5, 5.41) is 12.7.